The van der Waals surface area contributed by atoms with Crippen LogP contribution in [0.5, 0.6) is 5.75 Å². The third-order valence-corrected chi connectivity index (χ3v) is 4.97. The monoisotopic (exact) mass is 392 g/mol. The Morgan fingerprint density at radius 3 is 2.60 bits per heavy atom. The van der Waals surface area contributed by atoms with Crippen LogP contribution in [0.15, 0.2) is 23.1 Å². The molecule has 142 valence electrons. The van der Waals surface area contributed by atoms with Gasteiger partial charge in [0.05, 0.1) is 16.5 Å². The Morgan fingerprint density at radius 2 is 2.00 bits per heavy atom. The van der Waals surface area contributed by atoms with Crippen molar-refractivity contribution >= 4 is 27.5 Å². The lowest BCUT2D eigenvalue weighted by atomic mass is 10.1. The fraction of sp³-hybridized carbons (Fsp3) is 0.562. The van der Waals surface area contributed by atoms with Gasteiger partial charge in [-0.3, -0.25) is 4.79 Å². The number of hydrogen-bond donors (Lipinski definition) is 2. The summed E-state index contributed by atoms with van der Waals surface area (Å²) in [5.74, 6) is 0.494. The molecule has 0 unspecified atom stereocenters. The molecule has 25 heavy (non-hydrogen) atoms. The first-order valence-corrected chi connectivity index (χ1v) is 9.80. The van der Waals surface area contributed by atoms with Gasteiger partial charge in [-0.2, -0.15) is 0 Å². The third-order valence-electron chi connectivity index (χ3n) is 3.21. The van der Waals surface area contributed by atoms with Gasteiger partial charge in [-0.05, 0) is 30.5 Å². The lowest BCUT2D eigenvalue weighted by Gasteiger charge is -2.11. The maximum atomic E-state index is 12.1. The topological polar surface area (TPSA) is 93.7 Å². The number of ether oxygens (including phenoxy) is 2. The zero-order valence-corrected chi connectivity index (χ0v) is 16.2. The Labute approximate surface area is 154 Å². The number of halogens is 1. The van der Waals surface area contributed by atoms with Crippen molar-refractivity contribution in [2.75, 3.05) is 33.4 Å². The van der Waals surface area contributed by atoms with Gasteiger partial charge < -0.3 is 14.8 Å². The zero-order valence-electron chi connectivity index (χ0n) is 14.7. The van der Waals surface area contributed by atoms with Gasteiger partial charge in [0.2, 0.25) is 10.0 Å². The predicted molar refractivity (Wildman–Crippen MR) is 96.5 cm³/mol. The van der Waals surface area contributed by atoms with Crippen LogP contribution in [0.1, 0.15) is 20.3 Å². The van der Waals surface area contributed by atoms with Crippen LogP contribution in [-0.4, -0.2) is 47.7 Å². The molecule has 0 aliphatic heterocycles. The van der Waals surface area contributed by atoms with Crippen LogP contribution in [-0.2, 0) is 19.6 Å². The summed E-state index contributed by atoms with van der Waals surface area (Å²) in [6.07, 6.45) is 0.884. The molecule has 1 aromatic carbocycles. The predicted octanol–water partition coefficient (Wildman–Crippen LogP) is 1.81. The molecule has 9 heteroatoms. The fourth-order valence-corrected chi connectivity index (χ4v) is 3.16. The summed E-state index contributed by atoms with van der Waals surface area (Å²) < 4.78 is 36.7. The lowest BCUT2D eigenvalue weighted by molar-refractivity contribution is -0.123. The first-order chi connectivity index (χ1) is 11.8. The van der Waals surface area contributed by atoms with Crippen molar-refractivity contribution in [1.82, 2.24) is 10.0 Å². The van der Waals surface area contributed by atoms with E-state index in [9.17, 15) is 13.2 Å². The zero-order chi connectivity index (χ0) is 18.9. The first kappa shape index (κ1) is 21.7. The highest BCUT2D eigenvalue weighted by atomic mass is 35.5. The molecule has 2 N–H and O–H groups in total. The Hall–Kier alpha value is -1.35. The van der Waals surface area contributed by atoms with Crippen molar-refractivity contribution in [3.8, 4) is 5.75 Å². The van der Waals surface area contributed by atoms with Crippen molar-refractivity contribution < 1.29 is 22.7 Å². The average molecular weight is 393 g/mol. The van der Waals surface area contributed by atoms with Gasteiger partial charge in [0.1, 0.15) is 5.75 Å². The molecule has 7 nitrogen and oxygen atoms in total. The second-order valence-electron chi connectivity index (χ2n) is 5.80. The Kier molecular flexibility index (Phi) is 9.20. The highest BCUT2D eigenvalue weighted by Gasteiger charge is 2.16. The summed E-state index contributed by atoms with van der Waals surface area (Å²) in [7, 11) is -2.19. The number of sulfonamides is 1. The van der Waals surface area contributed by atoms with Gasteiger partial charge >= 0.3 is 0 Å². The van der Waals surface area contributed by atoms with Crippen LogP contribution in [0.3, 0.4) is 0 Å². The quantitative estimate of drug-likeness (QED) is 0.560. The van der Waals surface area contributed by atoms with E-state index < -0.39 is 10.0 Å². The van der Waals surface area contributed by atoms with Gasteiger partial charge in [-0.25, -0.2) is 13.1 Å². The molecular formula is C16H25ClN2O5S. The molecule has 0 aromatic heterocycles. The van der Waals surface area contributed by atoms with Crippen molar-refractivity contribution in [2.45, 2.75) is 25.2 Å². The minimum atomic E-state index is -3.67. The Bertz CT molecular complexity index is 664. The fourth-order valence-electron chi connectivity index (χ4n) is 1.82. The van der Waals surface area contributed by atoms with E-state index in [0.717, 1.165) is 6.42 Å². The summed E-state index contributed by atoms with van der Waals surface area (Å²) >= 11 is 6.05. The molecule has 0 radical (unpaired) electrons. The number of methoxy groups -OCH3 is 1. The summed E-state index contributed by atoms with van der Waals surface area (Å²) in [4.78, 5) is 11.7. The van der Waals surface area contributed by atoms with Crippen molar-refractivity contribution in [1.29, 1.82) is 0 Å². The van der Waals surface area contributed by atoms with E-state index >= 15 is 0 Å². The third kappa shape index (κ3) is 8.04. The smallest absolute Gasteiger partial charge is 0.257 e. The summed E-state index contributed by atoms with van der Waals surface area (Å²) in [6, 6.07) is 4.07. The van der Waals surface area contributed by atoms with Crippen LogP contribution >= 0.6 is 11.6 Å². The Balaban J connectivity index is 2.59. The molecular weight excluding hydrogens is 368 g/mol. The van der Waals surface area contributed by atoms with Gasteiger partial charge in [-0.15, -0.1) is 0 Å². The number of hydrogen-bond acceptors (Lipinski definition) is 5. The normalized spacial score (nSPS) is 11.6. The number of carbonyl (C=O) groups excluding carboxylic acids is 1. The SMILES string of the molecule is COCCNS(=O)(=O)c1ccc(OCC(=O)NCCC(C)C)c(Cl)c1. The van der Waals surface area contributed by atoms with Gasteiger partial charge in [-0.1, -0.05) is 25.4 Å². The van der Waals surface area contributed by atoms with E-state index in [1.165, 1.54) is 25.3 Å². The molecule has 0 spiro atoms. The molecule has 0 bridgehead atoms. The molecule has 0 saturated heterocycles. The molecule has 0 fully saturated rings. The van der Waals surface area contributed by atoms with Crippen LogP contribution < -0.4 is 14.8 Å². The van der Waals surface area contributed by atoms with Gasteiger partial charge in [0.25, 0.3) is 5.91 Å². The molecule has 1 amide bonds. The van der Waals surface area contributed by atoms with E-state index in [1.54, 1.807) is 0 Å². The number of amides is 1. The average Bonchev–Trinajstić information content (AvgIpc) is 2.53. The Morgan fingerprint density at radius 1 is 1.28 bits per heavy atom. The number of nitrogens with one attached hydrogen (secondary N) is 2. The second-order valence-corrected chi connectivity index (χ2v) is 7.98. The molecule has 0 aliphatic rings. The molecule has 1 aromatic rings. The van der Waals surface area contributed by atoms with Crippen molar-refractivity contribution in [3.05, 3.63) is 23.2 Å². The minimum Gasteiger partial charge on any atom is -0.482 e. The number of rotatable bonds is 11. The highest BCUT2D eigenvalue weighted by Crippen LogP contribution is 2.27. The van der Waals surface area contributed by atoms with E-state index in [1.807, 2.05) is 0 Å². The number of benzene rings is 1. The van der Waals surface area contributed by atoms with Gasteiger partial charge in [0, 0.05) is 20.2 Å². The van der Waals surface area contributed by atoms with E-state index in [-0.39, 0.29) is 41.3 Å². The standard InChI is InChI=1S/C16H25ClN2O5S/c1-12(2)6-7-18-16(20)11-24-15-5-4-13(10-14(15)17)25(21,22)19-8-9-23-3/h4-5,10,12,19H,6-9,11H2,1-3H3,(H,18,20). The van der Waals surface area contributed by atoms with Crippen molar-refractivity contribution in [2.24, 2.45) is 5.92 Å². The van der Waals surface area contributed by atoms with E-state index in [4.69, 9.17) is 21.1 Å². The number of carbonyl (C=O) groups is 1. The van der Waals surface area contributed by atoms with Crippen LogP contribution in [0.2, 0.25) is 5.02 Å². The summed E-state index contributed by atoms with van der Waals surface area (Å²) in [5.41, 5.74) is 0. The van der Waals surface area contributed by atoms with Gasteiger partial charge in [0.15, 0.2) is 6.61 Å². The molecule has 1 rings (SSSR count). The van der Waals surface area contributed by atoms with Crippen molar-refractivity contribution in [3.63, 3.8) is 0 Å². The van der Waals surface area contributed by atoms with E-state index in [2.05, 4.69) is 23.9 Å². The van der Waals surface area contributed by atoms with E-state index in [0.29, 0.717) is 12.5 Å². The minimum absolute atomic E-state index is 0.0161. The maximum Gasteiger partial charge on any atom is 0.257 e. The summed E-state index contributed by atoms with van der Waals surface area (Å²) in [5, 5.41) is 2.86. The largest absolute Gasteiger partial charge is 0.482 e. The molecule has 0 heterocycles. The molecule has 0 saturated carbocycles. The molecule has 0 aliphatic carbocycles. The molecule has 0 atom stereocenters. The van der Waals surface area contributed by atoms with Crippen LogP contribution in [0.25, 0.3) is 0 Å². The highest BCUT2D eigenvalue weighted by molar-refractivity contribution is 7.89. The summed E-state index contributed by atoms with van der Waals surface area (Å²) in [6.45, 7) is 4.96. The van der Waals surface area contributed by atoms with Crippen LogP contribution in [0.4, 0.5) is 0 Å². The lowest BCUT2D eigenvalue weighted by Crippen LogP contribution is -2.30. The first-order valence-electron chi connectivity index (χ1n) is 7.94. The maximum absolute atomic E-state index is 12.1. The second kappa shape index (κ2) is 10.6. The van der Waals surface area contributed by atoms with Crippen LogP contribution in [0, 0.1) is 5.92 Å².